The number of benzene rings is 3. The second-order valence-electron chi connectivity index (χ2n) is 6.14. The number of hydrogen-bond acceptors (Lipinski definition) is 3. The topological polar surface area (TPSA) is 58.6 Å². The average molecular weight is 471 g/mol. The first-order chi connectivity index (χ1) is 13.8. The van der Waals surface area contributed by atoms with Gasteiger partial charge in [0.25, 0.3) is 0 Å². The third-order valence-corrected chi connectivity index (χ3v) is 5.37. The van der Waals surface area contributed by atoms with E-state index in [1.807, 2.05) is 6.07 Å². The van der Waals surface area contributed by atoms with Crippen molar-refractivity contribution < 1.29 is 14.6 Å². The molecule has 0 radical (unpaired) electrons. The SMILES string of the molecule is O=C(O)c1ccc(NCc2cc(Cl)ccc2OCc2ccc(Cl)c(Cl)c2)cc1Cl. The maximum absolute atomic E-state index is 11.1. The maximum Gasteiger partial charge on any atom is 0.337 e. The summed E-state index contributed by atoms with van der Waals surface area (Å²) in [4.78, 5) is 11.1. The molecule has 0 aliphatic heterocycles. The van der Waals surface area contributed by atoms with E-state index in [2.05, 4.69) is 5.32 Å². The Bertz CT molecular complexity index is 1060. The largest absolute Gasteiger partial charge is 0.489 e. The van der Waals surface area contributed by atoms with Crippen molar-refractivity contribution in [1.82, 2.24) is 0 Å². The van der Waals surface area contributed by atoms with Gasteiger partial charge in [0.1, 0.15) is 12.4 Å². The summed E-state index contributed by atoms with van der Waals surface area (Å²) < 4.78 is 5.93. The lowest BCUT2D eigenvalue weighted by Gasteiger charge is -2.14. The number of carbonyl (C=O) groups is 1. The quantitative estimate of drug-likeness (QED) is 0.383. The van der Waals surface area contributed by atoms with E-state index >= 15 is 0 Å². The van der Waals surface area contributed by atoms with Gasteiger partial charge in [-0.1, -0.05) is 52.5 Å². The number of rotatable bonds is 7. The zero-order valence-electron chi connectivity index (χ0n) is 14.9. The molecule has 0 atom stereocenters. The maximum atomic E-state index is 11.1. The molecule has 2 N–H and O–H groups in total. The van der Waals surface area contributed by atoms with E-state index in [4.69, 9.17) is 56.2 Å². The third kappa shape index (κ3) is 5.71. The van der Waals surface area contributed by atoms with Gasteiger partial charge in [-0.05, 0) is 54.1 Å². The summed E-state index contributed by atoms with van der Waals surface area (Å²) >= 11 is 24.1. The molecule has 4 nitrogen and oxygen atoms in total. The number of aromatic carboxylic acids is 1. The molecule has 0 bridgehead atoms. The lowest BCUT2D eigenvalue weighted by Crippen LogP contribution is -2.05. The van der Waals surface area contributed by atoms with Crippen LogP contribution in [0.15, 0.2) is 54.6 Å². The van der Waals surface area contributed by atoms with E-state index in [1.165, 1.54) is 6.07 Å². The molecule has 3 rings (SSSR count). The van der Waals surface area contributed by atoms with Crippen molar-refractivity contribution >= 4 is 58.1 Å². The summed E-state index contributed by atoms with van der Waals surface area (Å²) in [5, 5.41) is 13.9. The molecule has 0 aliphatic rings. The molecule has 0 saturated carbocycles. The predicted molar refractivity (Wildman–Crippen MR) is 118 cm³/mol. The highest BCUT2D eigenvalue weighted by atomic mass is 35.5. The number of hydrogen-bond donors (Lipinski definition) is 2. The first-order valence-electron chi connectivity index (χ1n) is 8.45. The minimum atomic E-state index is -1.07. The molecule has 3 aromatic carbocycles. The number of ether oxygens (including phenoxy) is 1. The number of anilines is 1. The van der Waals surface area contributed by atoms with E-state index in [0.717, 1.165) is 11.1 Å². The fraction of sp³-hybridized carbons (Fsp3) is 0.0952. The second kappa shape index (κ2) is 9.59. The van der Waals surface area contributed by atoms with Crippen molar-refractivity contribution in [2.75, 3.05) is 5.32 Å². The Kier molecular flexibility index (Phi) is 7.14. The van der Waals surface area contributed by atoms with E-state index < -0.39 is 5.97 Å². The molecular formula is C21H15Cl4NO3. The van der Waals surface area contributed by atoms with Crippen LogP contribution in [0.3, 0.4) is 0 Å². The van der Waals surface area contributed by atoms with Gasteiger partial charge in [-0.25, -0.2) is 4.79 Å². The van der Waals surface area contributed by atoms with Gasteiger partial charge in [0.2, 0.25) is 0 Å². The van der Waals surface area contributed by atoms with Crippen LogP contribution in [0, 0.1) is 0 Å². The van der Waals surface area contributed by atoms with Crippen molar-refractivity contribution in [1.29, 1.82) is 0 Å². The number of carboxylic acid groups (broad SMARTS) is 1. The van der Waals surface area contributed by atoms with E-state index in [0.29, 0.717) is 39.7 Å². The number of nitrogens with one attached hydrogen (secondary N) is 1. The highest BCUT2D eigenvalue weighted by molar-refractivity contribution is 6.42. The van der Waals surface area contributed by atoms with Crippen LogP contribution in [0.25, 0.3) is 0 Å². The Morgan fingerprint density at radius 2 is 1.69 bits per heavy atom. The van der Waals surface area contributed by atoms with Crippen molar-refractivity contribution in [2.45, 2.75) is 13.2 Å². The molecular weight excluding hydrogens is 456 g/mol. The molecule has 0 amide bonds. The van der Waals surface area contributed by atoms with Gasteiger partial charge in [0, 0.05) is 22.8 Å². The van der Waals surface area contributed by atoms with Gasteiger partial charge in [-0.2, -0.15) is 0 Å². The summed E-state index contributed by atoms with van der Waals surface area (Å²) in [6.07, 6.45) is 0. The van der Waals surface area contributed by atoms with Crippen molar-refractivity contribution in [3.8, 4) is 5.75 Å². The van der Waals surface area contributed by atoms with Crippen LogP contribution in [0.1, 0.15) is 21.5 Å². The lowest BCUT2D eigenvalue weighted by atomic mass is 10.1. The molecule has 150 valence electrons. The Morgan fingerprint density at radius 1 is 0.897 bits per heavy atom. The van der Waals surface area contributed by atoms with Gasteiger partial charge in [0.15, 0.2) is 0 Å². The van der Waals surface area contributed by atoms with Gasteiger partial charge >= 0.3 is 5.97 Å². The summed E-state index contributed by atoms with van der Waals surface area (Å²) in [5.41, 5.74) is 2.43. The third-order valence-electron chi connectivity index (χ3n) is 4.08. The zero-order chi connectivity index (χ0) is 21.0. The number of carboxylic acids is 1. The summed E-state index contributed by atoms with van der Waals surface area (Å²) in [7, 11) is 0. The highest BCUT2D eigenvalue weighted by Crippen LogP contribution is 2.28. The molecule has 0 spiro atoms. The summed E-state index contributed by atoms with van der Waals surface area (Å²) in [6.45, 7) is 0.713. The molecule has 0 saturated heterocycles. The van der Waals surface area contributed by atoms with E-state index in [1.54, 1.807) is 42.5 Å². The first-order valence-corrected chi connectivity index (χ1v) is 9.96. The van der Waals surface area contributed by atoms with E-state index in [-0.39, 0.29) is 10.6 Å². The van der Waals surface area contributed by atoms with Crippen LogP contribution in [-0.2, 0) is 13.2 Å². The van der Waals surface area contributed by atoms with Crippen molar-refractivity contribution in [2.24, 2.45) is 0 Å². The van der Waals surface area contributed by atoms with E-state index in [9.17, 15) is 4.79 Å². The molecule has 0 aromatic heterocycles. The molecule has 0 heterocycles. The van der Waals surface area contributed by atoms with Crippen molar-refractivity contribution in [3.05, 3.63) is 91.4 Å². The Hall–Kier alpha value is -2.11. The molecule has 0 aliphatic carbocycles. The fourth-order valence-corrected chi connectivity index (χ4v) is 3.39. The van der Waals surface area contributed by atoms with Crippen LogP contribution in [0.5, 0.6) is 5.75 Å². The second-order valence-corrected chi connectivity index (χ2v) is 7.80. The molecule has 8 heteroatoms. The van der Waals surface area contributed by atoms with Crippen LogP contribution in [-0.4, -0.2) is 11.1 Å². The molecule has 3 aromatic rings. The zero-order valence-corrected chi connectivity index (χ0v) is 17.9. The van der Waals surface area contributed by atoms with Gasteiger partial charge in [-0.15, -0.1) is 0 Å². The van der Waals surface area contributed by atoms with Crippen LogP contribution >= 0.6 is 46.4 Å². The Balaban J connectivity index is 1.72. The summed E-state index contributed by atoms with van der Waals surface area (Å²) in [5.74, 6) is -0.421. The van der Waals surface area contributed by atoms with Crippen LogP contribution in [0.2, 0.25) is 20.1 Å². The van der Waals surface area contributed by atoms with Gasteiger partial charge < -0.3 is 15.2 Å². The summed E-state index contributed by atoms with van der Waals surface area (Å²) in [6, 6.07) is 15.3. The van der Waals surface area contributed by atoms with Gasteiger partial charge in [0.05, 0.1) is 20.6 Å². The Morgan fingerprint density at radius 3 is 2.38 bits per heavy atom. The first kappa shape index (κ1) is 21.6. The smallest absolute Gasteiger partial charge is 0.337 e. The molecule has 0 unspecified atom stereocenters. The number of halogens is 4. The fourth-order valence-electron chi connectivity index (χ4n) is 2.61. The van der Waals surface area contributed by atoms with Gasteiger partial charge in [-0.3, -0.25) is 0 Å². The highest BCUT2D eigenvalue weighted by Gasteiger charge is 2.10. The molecule has 0 fully saturated rings. The monoisotopic (exact) mass is 469 g/mol. The predicted octanol–water partition coefficient (Wildman–Crippen LogP) is 7.19. The Labute approximate surface area is 187 Å². The minimum Gasteiger partial charge on any atom is -0.489 e. The average Bonchev–Trinajstić information content (AvgIpc) is 2.68. The standard InChI is InChI=1S/C21H15Cl4NO3/c22-14-2-6-20(29-11-12-1-5-17(23)19(25)7-12)13(8-14)10-26-15-3-4-16(21(27)28)18(24)9-15/h1-9,26H,10-11H2,(H,27,28). The van der Waals surface area contributed by atoms with Crippen molar-refractivity contribution in [3.63, 3.8) is 0 Å². The van der Waals surface area contributed by atoms with Crippen LogP contribution in [0.4, 0.5) is 5.69 Å². The minimum absolute atomic E-state index is 0.0469. The normalized spacial score (nSPS) is 10.6. The van der Waals surface area contributed by atoms with Crippen LogP contribution < -0.4 is 10.1 Å². The molecule has 29 heavy (non-hydrogen) atoms. The lowest BCUT2D eigenvalue weighted by molar-refractivity contribution is 0.0697.